The summed E-state index contributed by atoms with van der Waals surface area (Å²) in [5.41, 5.74) is 3.33. The minimum Gasteiger partial charge on any atom is -0.432 e. The average Bonchev–Trinajstić information content (AvgIpc) is 3.55. The maximum atomic E-state index is 13.1. The van der Waals surface area contributed by atoms with E-state index in [1.807, 2.05) is 34.7 Å². The molecule has 0 amide bonds. The molecule has 1 fully saturated rings. The minimum atomic E-state index is -3.63. The van der Waals surface area contributed by atoms with Gasteiger partial charge in [-0.2, -0.15) is 14.6 Å². The number of aromatic nitrogens is 4. The molecule has 1 N–H and O–H groups in total. The van der Waals surface area contributed by atoms with Crippen LogP contribution in [0.4, 0.5) is 5.95 Å². The molecule has 6 rings (SSSR count). The highest BCUT2D eigenvalue weighted by Crippen LogP contribution is 2.33. The van der Waals surface area contributed by atoms with Crippen LogP contribution in [0.2, 0.25) is 5.02 Å². The predicted molar refractivity (Wildman–Crippen MR) is 145 cm³/mol. The Kier molecular flexibility index (Phi) is 6.52. The molecule has 2 aromatic carbocycles. The van der Waals surface area contributed by atoms with Crippen molar-refractivity contribution in [3.63, 3.8) is 0 Å². The highest BCUT2D eigenvalue weighted by Gasteiger charge is 2.30. The number of nitrogens with one attached hydrogen (secondary N) is 1. The van der Waals surface area contributed by atoms with Crippen LogP contribution in [0.15, 0.2) is 82.6 Å². The van der Waals surface area contributed by atoms with Gasteiger partial charge in [0.15, 0.2) is 0 Å². The number of sulfonamides is 1. The molecule has 3 aromatic heterocycles. The van der Waals surface area contributed by atoms with Crippen LogP contribution in [0.3, 0.4) is 0 Å². The van der Waals surface area contributed by atoms with Gasteiger partial charge in [-0.15, -0.1) is 0 Å². The summed E-state index contributed by atoms with van der Waals surface area (Å²) >= 11 is 6.24. The van der Waals surface area contributed by atoms with Crippen molar-refractivity contribution in [3.8, 4) is 28.7 Å². The quantitative estimate of drug-likeness (QED) is 0.313. The summed E-state index contributed by atoms with van der Waals surface area (Å²) in [5.74, 6) is 0.875. The van der Waals surface area contributed by atoms with Crippen LogP contribution in [0, 0.1) is 11.3 Å². The maximum absolute atomic E-state index is 13.1. The van der Waals surface area contributed by atoms with Crippen LogP contribution in [0.1, 0.15) is 18.4 Å². The number of hydrogen-bond donors (Lipinski definition) is 1. The number of imidazole rings is 1. The summed E-state index contributed by atoms with van der Waals surface area (Å²) in [5, 5.41) is 12.9. The lowest BCUT2D eigenvalue weighted by Gasteiger charge is -2.31. The lowest BCUT2D eigenvalue weighted by Crippen LogP contribution is -2.42. The van der Waals surface area contributed by atoms with Gasteiger partial charge in [-0.1, -0.05) is 23.7 Å². The monoisotopic (exact) mass is 559 g/mol. The molecule has 0 unspecified atom stereocenters. The van der Waals surface area contributed by atoms with E-state index in [2.05, 4.69) is 15.3 Å². The Morgan fingerprint density at radius 2 is 1.87 bits per heavy atom. The SMILES string of the molecule is N#Cc1ccc(S(=O)(=O)N2CCC(Nc3nccc(-c4c(-c5cccc(Cl)c5)nc5occn45)n3)CC2)cc1. The highest BCUT2D eigenvalue weighted by atomic mass is 35.5. The Hall–Kier alpha value is -4.24. The molecule has 4 heterocycles. The first-order valence-electron chi connectivity index (χ1n) is 12.2. The Labute approximate surface area is 229 Å². The Morgan fingerprint density at radius 1 is 1.08 bits per heavy atom. The number of fused-ring (bicyclic) bond motifs is 1. The van der Waals surface area contributed by atoms with E-state index in [0.29, 0.717) is 59.7 Å². The van der Waals surface area contributed by atoms with E-state index in [-0.39, 0.29) is 10.9 Å². The first-order valence-corrected chi connectivity index (χ1v) is 14.1. The zero-order valence-electron chi connectivity index (χ0n) is 20.5. The number of nitriles is 1. The standard InChI is InChI=1S/C27H22ClN7O3S/c28-20-3-1-2-19(16-20)24-25(35-14-15-38-27(35)33-24)23-8-11-30-26(32-23)31-21-9-12-34(13-10-21)39(36,37)22-6-4-18(17-29)5-7-22/h1-8,11,14-16,21H,9-10,12-13H2,(H,30,31,32). The van der Waals surface area contributed by atoms with Crippen molar-refractivity contribution < 1.29 is 12.8 Å². The lowest BCUT2D eigenvalue weighted by atomic mass is 10.1. The van der Waals surface area contributed by atoms with Crippen molar-refractivity contribution in [1.29, 1.82) is 5.26 Å². The Bertz CT molecular complexity index is 1800. The van der Waals surface area contributed by atoms with E-state index >= 15 is 0 Å². The zero-order chi connectivity index (χ0) is 27.0. The van der Waals surface area contributed by atoms with E-state index in [1.54, 1.807) is 24.7 Å². The molecule has 1 aliphatic rings. The summed E-state index contributed by atoms with van der Waals surface area (Å²) in [4.78, 5) is 14.0. The van der Waals surface area contributed by atoms with Crippen LogP contribution in [0.5, 0.6) is 0 Å². The molecule has 196 valence electrons. The van der Waals surface area contributed by atoms with E-state index in [9.17, 15) is 8.42 Å². The Morgan fingerprint density at radius 3 is 2.62 bits per heavy atom. The fourth-order valence-electron chi connectivity index (χ4n) is 4.70. The zero-order valence-corrected chi connectivity index (χ0v) is 22.1. The van der Waals surface area contributed by atoms with Crippen LogP contribution >= 0.6 is 11.6 Å². The van der Waals surface area contributed by atoms with Crippen molar-refractivity contribution in [2.24, 2.45) is 0 Å². The molecule has 0 atom stereocenters. The van der Waals surface area contributed by atoms with Gasteiger partial charge in [0.05, 0.1) is 22.2 Å². The van der Waals surface area contributed by atoms with E-state index < -0.39 is 10.0 Å². The molecule has 1 saturated heterocycles. The number of anilines is 1. The molecular weight excluding hydrogens is 538 g/mol. The molecule has 0 saturated carbocycles. The highest BCUT2D eigenvalue weighted by molar-refractivity contribution is 7.89. The lowest BCUT2D eigenvalue weighted by molar-refractivity contribution is 0.329. The van der Waals surface area contributed by atoms with Crippen LogP contribution in [-0.2, 0) is 10.0 Å². The van der Waals surface area contributed by atoms with E-state index in [4.69, 9.17) is 26.3 Å². The van der Waals surface area contributed by atoms with Crippen molar-refractivity contribution in [3.05, 3.63) is 83.8 Å². The molecule has 5 aromatic rings. The van der Waals surface area contributed by atoms with Gasteiger partial charge in [0.2, 0.25) is 16.0 Å². The molecule has 12 heteroatoms. The normalized spacial score (nSPS) is 14.9. The average molecular weight is 560 g/mol. The summed E-state index contributed by atoms with van der Waals surface area (Å²) in [6.07, 6.45) is 6.21. The number of hydrogen-bond acceptors (Lipinski definition) is 8. The second-order valence-corrected chi connectivity index (χ2v) is 11.5. The number of nitrogens with zero attached hydrogens (tertiary/aromatic N) is 6. The van der Waals surface area contributed by atoms with Crippen molar-refractivity contribution in [2.75, 3.05) is 18.4 Å². The second-order valence-electron chi connectivity index (χ2n) is 9.10. The van der Waals surface area contributed by atoms with Gasteiger partial charge >= 0.3 is 5.84 Å². The number of oxazole rings is 1. The Balaban J connectivity index is 1.20. The molecule has 10 nitrogen and oxygen atoms in total. The fourth-order valence-corrected chi connectivity index (χ4v) is 6.36. The summed E-state index contributed by atoms with van der Waals surface area (Å²) < 4.78 is 35.0. The smallest absolute Gasteiger partial charge is 0.306 e. The first kappa shape index (κ1) is 25.1. The molecule has 1 aliphatic heterocycles. The molecular formula is C27H22ClN7O3S. The second kappa shape index (κ2) is 10.1. The maximum Gasteiger partial charge on any atom is 0.306 e. The van der Waals surface area contributed by atoms with Gasteiger partial charge in [0, 0.05) is 42.1 Å². The van der Waals surface area contributed by atoms with Gasteiger partial charge in [0.25, 0.3) is 0 Å². The summed E-state index contributed by atoms with van der Waals surface area (Å²) in [6.45, 7) is 0.716. The van der Waals surface area contributed by atoms with E-state index in [0.717, 1.165) is 11.3 Å². The van der Waals surface area contributed by atoms with E-state index in [1.165, 1.54) is 28.6 Å². The van der Waals surface area contributed by atoms with Crippen molar-refractivity contribution in [2.45, 2.75) is 23.8 Å². The topological polar surface area (TPSA) is 129 Å². The molecule has 0 aliphatic carbocycles. The third kappa shape index (κ3) is 4.85. The number of rotatable bonds is 6. The van der Waals surface area contributed by atoms with Crippen LogP contribution in [0.25, 0.3) is 28.5 Å². The molecule has 0 radical (unpaired) electrons. The third-order valence-corrected chi connectivity index (χ3v) is 8.81. The third-order valence-electron chi connectivity index (χ3n) is 6.67. The number of piperidine rings is 1. The van der Waals surface area contributed by atoms with Gasteiger partial charge in [0.1, 0.15) is 17.7 Å². The molecule has 0 bridgehead atoms. The minimum absolute atomic E-state index is 0.000510. The van der Waals surface area contributed by atoms with Crippen LogP contribution < -0.4 is 5.32 Å². The predicted octanol–water partition coefficient (Wildman–Crippen LogP) is 4.84. The summed E-state index contributed by atoms with van der Waals surface area (Å²) in [6, 6.07) is 17.2. The van der Waals surface area contributed by atoms with Crippen LogP contribution in [-0.4, -0.2) is 51.2 Å². The molecule has 0 spiro atoms. The number of halogens is 1. The van der Waals surface area contributed by atoms with Gasteiger partial charge < -0.3 is 9.73 Å². The fraction of sp³-hybridized carbons (Fsp3) is 0.185. The van der Waals surface area contributed by atoms with Crippen molar-refractivity contribution in [1.82, 2.24) is 23.7 Å². The van der Waals surface area contributed by atoms with Gasteiger partial charge in [-0.25, -0.2) is 18.4 Å². The van der Waals surface area contributed by atoms with Gasteiger partial charge in [-0.05, 0) is 55.3 Å². The largest absolute Gasteiger partial charge is 0.432 e. The van der Waals surface area contributed by atoms with Crippen molar-refractivity contribution >= 4 is 33.4 Å². The summed E-state index contributed by atoms with van der Waals surface area (Å²) in [7, 11) is -3.63. The first-order chi connectivity index (χ1) is 18.9. The van der Waals surface area contributed by atoms with Gasteiger partial charge in [-0.3, -0.25) is 4.40 Å². The number of benzene rings is 2. The molecule has 39 heavy (non-hydrogen) atoms.